The molecule has 20 heavy (non-hydrogen) atoms. The van der Waals surface area contributed by atoms with Crippen LogP contribution in [0, 0.1) is 5.41 Å². The fourth-order valence-electron chi connectivity index (χ4n) is 2.83. The highest BCUT2D eigenvalue weighted by Gasteiger charge is 2.50. The van der Waals surface area contributed by atoms with Crippen LogP contribution < -0.4 is 0 Å². The number of likely N-dealkylation sites (tertiary alicyclic amines) is 1. The topological polar surface area (TPSA) is 87.1 Å². The minimum atomic E-state index is -1.79. The van der Waals surface area contributed by atoms with Gasteiger partial charge in [0.15, 0.2) is 9.04 Å². The first-order valence-electron chi connectivity index (χ1n) is 7.00. The Bertz CT molecular complexity index is 381. The molecule has 2 N–H and O–H groups in total. The zero-order valence-electron chi connectivity index (χ0n) is 12.7. The number of rotatable bonds is 4. The van der Waals surface area contributed by atoms with Crippen LogP contribution in [-0.2, 0) is 9.22 Å². The van der Waals surface area contributed by atoms with E-state index in [0.717, 1.165) is 10.9 Å². The van der Waals surface area contributed by atoms with Crippen molar-refractivity contribution in [3.8, 4) is 0 Å². The van der Waals surface area contributed by atoms with Crippen molar-refractivity contribution in [1.29, 1.82) is 0 Å². The van der Waals surface area contributed by atoms with Crippen molar-refractivity contribution in [3.63, 3.8) is 0 Å². The van der Waals surface area contributed by atoms with Gasteiger partial charge in [-0.05, 0) is 30.8 Å². The maximum atomic E-state index is 11.7. The van der Waals surface area contributed by atoms with E-state index in [4.69, 9.17) is 4.43 Å². The molecule has 1 aliphatic heterocycles. The van der Waals surface area contributed by atoms with Crippen LogP contribution >= 0.6 is 0 Å². The van der Waals surface area contributed by atoms with E-state index in [1.54, 1.807) is 0 Å². The molecular weight excluding hydrogens is 278 g/mol. The first kappa shape index (κ1) is 17.0. The molecule has 0 aromatic heterocycles. The average molecular weight is 303 g/mol. The van der Waals surface area contributed by atoms with Gasteiger partial charge in [0.25, 0.3) is 0 Å². The number of hydrogen-bond donors (Lipinski definition) is 2. The Morgan fingerprint density at radius 1 is 1.30 bits per heavy atom. The lowest BCUT2D eigenvalue weighted by atomic mass is 9.99. The second-order valence-corrected chi connectivity index (χ2v) is 8.94. The van der Waals surface area contributed by atoms with Crippen molar-refractivity contribution >= 4 is 21.1 Å². The van der Waals surface area contributed by atoms with Gasteiger partial charge in [0.1, 0.15) is 0 Å². The first-order chi connectivity index (χ1) is 9.08. The molecule has 0 spiro atoms. The molecule has 0 bridgehead atoms. The summed E-state index contributed by atoms with van der Waals surface area (Å²) >= 11 is 0. The van der Waals surface area contributed by atoms with Crippen LogP contribution in [0.1, 0.15) is 40.0 Å². The summed E-state index contributed by atoms with van der Waals surface area (Å²) in [5.74, 6) is -1.19. The van der Waals surface area contributed by atoms with E-state index >= 15 is 0 Å². The van der Waals surface area contributed by atoms with Gasteiger partial charge < -0.3 is 14.6 Å². The number of carboxylic acids is 1. The second kappa shape index (κ2) is 6.13. The Labute approximate surface area is 121 Å². The minimum absolute atomic E-state index is 0.0497. The molecule has 0 saturated carbocycles. The third kappa shape index (κ3) is 3.96. The predicted octanol–water partition coefficient (Wildman–Crippen LogP) is 2.35. The van der Waals surface area contributed by atoms with Gasteiger partial charge in [0, 0.05) is 13.0 Å². The number of aliphatic carboxylic acids is 1. The number of amides is 1. The van der Waals surface area contributed by atoms with Crippen molar-refractivity contribution in [2.24, 2.45) is 5.41 Å². The highest BCUT2D eigenvalue weighted by molar-refractivity contribution is 6.50. The van der Waals surface area contributed by atoms with Crippen molar-refractivity contribution in [3.05, 3.63) is 0 Å². The highest BCUT2D eigenvalue weighted by Crippen LogP contribution is 2.33. The van der Waals surface area contributed by atoms with Crippen molar-refractivity contribution in [1.82, 2.24) is 4.90 Å². The predicted molar refractivity (Wildman–Crippen MR) is 77.3 cm³/mol. The summed E-state index contributed by atoms with van der Waals surface area (Å²) in [7, 11) is -1.79. The Hall–Kier alpha value is -1.08. The fraction of sp³-hybridized carbons (Fsp3) is 0.846. The minimum Gasteiger partial charge on any atom is -0.478 e. The number of carboxylic acid groups (broad SMARTS) is 2. The lowest BCUT2D eigenvalue weighted by Crippen LogP contribution is -2.62. The monoisotopic (exact) mass is 303 g/mol. The number of nitrogens with zero attached hydrogens (tertiary/aromatic N) is 1. The molecule has 1 heterocycles. The van der Waals surface area contributed by atoms with E-state index in [9.17, 15) is 19.8 Å². The summed E-state index contributed by atoms with van der Waals surface area (Å²) in [6, 6.07) is 0.801. The van der Waals surface area contributed by atoms with Gasteiger partial charge in [-0.25, -0.2) is 9.59 Å². The summed E-state index contributed by atoms with van der Waals surface area (Å²) in [6.45, 7) is 8.37. The van der Waals surface area contributed by atoms with Crippen LogP contribution in [-0.4, -0.2) is 48.5 Å². The normalized spacial score (nSPS) is 25.3. The van der Waals surface area contributed by atoms with Gasteiger partial charge in [-0.3, -0.25) is 4.90 Å². The maximum absolute atomic E-state index is 11.7. The number of hydrogen-bond acceptors (Lipinski definition) is 3. The molecule has 2 atom stereocenters. The van der Waals surface area contributed by atoms with Gasteiger partial charge in [0.05, 0.1) is 0 Å². The van der Waals surface area contributed by atoms with E-state index in [1.807, 2.05) is 6.55 Å². The van der Waals surface area contributed by atoms with Crippen LogP contribution in [0.15, 0.2) is 0 Å². The highest BCUT2D eigenvalue weighted by atomic mass is 28.3. The Kier molecular flexibility index (Phi) is 5.20. The molecular formula is C13H25NO5Si. The Balaban J connectivity index is 2.96. The molecule has 1 fully saturated rings. The zero-order valence-corrected chi connectivity index (χ0v) is 13.8. The van der Waals surface area contributed by atoms with Crippen LogP contribution in [0.4, 0.5) is 4.79 Å². The quantitative estimate of drug-likeness (QED) is 0.778. The van der Waals surface area contributed by atoms with Crippen LogP contribution in [0.3, 0.4) is 0 Å². The fourth-order valence-corrected chi connectivity index (χ4v) is 5.65. The summed E-state index contributed by atoms with van der Waals surface area (Å²) < 4.78 is 5.87. The molecule has 0 aromatic carbocycles. The second-order valence-electron chi connectivity index (χ2n) is 6.67. The largest absolute Gasteiger partial charge is 0.478 e. The van der Waals surface area contributed by atoms with Crippen LogP contribution in [0.2, 0.25) is 12.6 Å². The van der Waals surface area contributed by atoms with Gasteiger partial charge in [-0.15, -0.1) is 0 Å². The van der Waals surface area contributed by atoms with E-state index in [-0.39, 0.29) is 18.4 Å². The smallest absolute Gasteiger partial charge is 0.410 e. The Morgan fingerprint density at radius 3 is 2.35 bits per heavy atom. The molecule has 0 aliphatic carbocycles. The maximum Gasteiger partial charge on any atom is 0.410 e. The standard InChI is InChI=1S/C13H25NO5Si/c1-12(2,3)9-20(4)19-13(10(15)16)7-5-6-8-14(13)11(17)18/h20H,5-9H2,1-4H3,(H,15,16)(H,17,18). The molecule has 1 rings (SSSR count). The lowest BCUT2D eigenvalue weighted by Gasteiger charge is -2.44. The first-order valence-corrected chi connectivity index (χ1v) is 9.44. The van der Waals surface area contributed by atoms with Crippen molar-refractivity contribution < 1.29 is 24.2 Å². The van der Waals surface area contributed by atoms with E-state index < -0.39 is 26.8 Å². The molecule has 116 valence electrons. The molecule has 1 saturated heterocycles. The summed E-state index contributed by atoms with van der Waals surface area (Å²) in [5, 5.41) is 18.8. The molecule has 1 amide bonds. The van der Waals surface area contributed by atoms with Crippen LogP contribution in [0.5, 0.6) is 0 Å². The van der Waals surface area contributed by atoms with E-state index in [0.29, 0.717) is 12.8 Å². The third-order valence-corrected chi connectivity index (χ3v) is 6.04. The molecule has 0 radical (unpaired) electrons. The summed E-state index contributed by atoms with van der Waals surface area (Å²) in [6.07, 6.45) is 0.368. The number of carbonyl (C=O) groups is 2. The van der Waals surface area contributed by atoms with Gasteiger partial charge in [-0.2, -0.15) is 0 Å². The summed E-state index contributed by atoms with van der Waals surface area (Å²) in [5.41, 5.74) is -1.63. The SMILES string of the molecule is C[SiH](CC(C)(C)C)OC1(C(=O)O)CCCCN1C(=O)O. The lowest BCUT2D eigenvalue weighted by molar-refractivity contribution is -0.178. The van der Waals surface area contributed by atoms with E-state index in [1.165, 1.54) is 0 Å². The van der Waals surface area contributed by atoms with Gasteiger partial charge in [-0.1, -0.05) is 20.8 Å². The summed E-state index contributed by atoms with van der Waals surface area (Å²) in [4.78, 5) is 24.0. The van der Waals surface area contributed by atoms with Gasteiger partial charge in [0.2, 0.25) is 5.72 Å². The molecule has 0 aromatic rings. The molecule has 1 aliphatic rings. The Morgan fingerprint density at radius 2 is 1.90 bits per heavy atom. The molecule has 6 nitrogen and oxygen atoms in total. The van der Waals surface area contributed by atoms with Crippen molar-refractivity contribution in [2.45, 2.75) is 58.3 Å². The molecule has 7 heteroatoms. The number of piperidine rings is 1. The molecule has 2 unspecified atom stereocenters. The van der Waals surface area contributed by atoms with Gasteiger partial charge >= 0.3 is 12.1 Å². The van der Waals surface area contributed by atoms with Crippen molar-refractivity contribution in [2.75, 3.05) is 6.54 Å². The zero-order chi connectivity index (χ0) is 15.6. The third-order valence-electron chi connectivity index (χ3n) is 3.44. The van der Waals surface area contributed by atoms with E-state index in [2.05, 4.69) is 20.8 Å². The average Bonchev–Trinajstić information content (AvgIpc) is 2.26. The van der Waals surface area contributed by atoms with Crippen LogP contribution in [0.25, 0.3) is 0 Å².